The average Bonchev–Trinajstić information content (AvgIpc) is 2.90. The molecule has 1 aromatic heterocycles. The first-order valence-corrected chi connectivity index (χ1v) is 6.58. The number of carbonyl (C=O) groups excluding carboxylic acids is 1. The molecule has 1 aliphatic rings. The Balaban J connectivity index is 1.75. The van der Waals surface area contributed by atoms with Crippen LogP contribution in [0.15, 0.2) is 12.3 Å². The molecule has 1 saturated heterocycles. The van der Waals surface area contributed by atoms with Crippen LogP contribution in [-0.2, 0) is 0 Å². The molecule has 0 atom stereocenters. The summed E-state index contributed by atoms with van der Waals surface area (Å²) in [6, 6.07) is 1.11. The molecule has 104 valence electrons. The summed E-state index contributed by atoms with van der Waals surface area (Å²) in [6.07, 6.45) is 4.41. The molecule has 1 fully saturated rings. The van der Waals surface area contributed by atoms with Crippen molar-refractivity contribution in [2.75, 3.05) is 31.9 Å². The molecule has 1 aromatic rings. The zero-order valence-electron chi connectivity index (χ0n) is 10.9. The van der Waals surface area contributed by atoms with Crippen molar-refractivity contribution in [3.8, 4) is 0 Å². The number of likely N-dealkylation sites (tertiary alicyclic amines) is 1. The molecule has 0 radical (unpaired) electrons. The molecular formula is C13H19FN4O. The Kier molecular flexibility index (Phi) is 4.68. The van der Waals surface area contributed by atoms with E-state index in [4.69, 9.17) is 5.73 Å². The second-order valence-corrected chi connectivity index (χ2v) is 4.74. The Morgan fingerprint density at radius 3 is 2.95 bits per heavy atom. The van der Waals surface area contributed by atoms with Crippen LogP contribution < -0.4 is 11.1 Å². The maximum atomic E-state index is 13.0. The van der Waals surface area contributed by atoms with Crippen LogP contribution >= 0.6 is 0 Å². The van der Waals surface area contributed by atoms with Crippen LogP contribution in [-0.4, -0.2) is 42.0 Å². The first-order valence-electron chi connectivity index (χ1n) is 6.58. The van der Waals surface area contributed by atoms with Gasteiger partial charge in [-0.2, -0.15) is 0 Å². The van der Waals surface area contributed by atoms with Gasteiger partial charge in [0.15, 0.2) is 0 Å². The van der Waals surface area contributed by atoms with Crippen LogP contribution in [0.2, 0.25) is 0 Å². The topological polar surface area (TPSA) is 71.2 Å². The predicted molar refractivity (Wildman–Crippen MR) is 71.2 cm³/mol. The lowest BCUT2D eigenvalue weighted by Crippen LogP contribution is -2.29. The minimum atomic E-state index is -0.559. The molecule has 0 aromatic carbocycles. The van der Waals surface area contributed by atoms with Gasteiger partial charge in [-0.3, -0.25) is 4.79 Å². The minimum absolute atomic E-state index is 0.0541. The highest BCUT2D eigenvalue weighted by atomic mass is 19.1. The van der Waals surface area contributed by atoms with Crippen molar-refractivity contribution < 1.29 is 9.18 Å². The van der Waals surface area contributed by atoms with Crippen molar-refractivity contribution in [2.45, 2.75) is 19.3 Å². The lowest BCUT2D eigenvalue weighted by atomic mass is 10.2. The fourth-order valence-corrected chi connectivity index (χ4v) is 2.24. The van der Waals surface area contributed by atoms with Crippen molar-refractivity contribution in [3.05, 3.63) is 23.6 Å². The van der Waals surface area contributed by atoms with E-state index in [1.165, 1.54) is 12.8 Å². The van der Waals surface area contributed by atoms with Crippen LogP contribution in [0, 0.1) is 5.82 Å². The lowest BCUT2D eigenvalue weighted by Gasteiger charge is -2.14. The fourth-order valence-electron chi connectivity index (χ4n) is 2.24. The van der Waals surface area contributed by atoms with E-state index in [0.29, 0.717) is 6.54 Å². The van der Waals surface area contributed by atoms with Gasteiger partial charge >= 0.3 is 0 Å². The summed E-state index contributed by atoms with van der Waals surface area (Å²) in [6.45, 7) is 3.84. The number of hydrogen-bond acceptors (Lipinski definition) is 4. The Morgan fingerprint density at radius 2 is 2.21 bits per heavy atom. The number of hydrogen-bond donors (Lipinski definition) is 2. The minimum Gasteiger partial charge on any atom is -0.383 e. The van der Waals surface area contributed by atoms with Gasteiger partial charge in [0, 0.05) is 6.54 Å². The molecule has 5 nitrogen and oxygen atoms in total. The number of rotatable bonds is 5. The van der Waals surface area contributed by atoms with Crippen LogP contribution in [0.25, 0.3) is 0 Å². The van der Waals surface area contributed by atoms with Crippen LogP contribution in [0.5, 0.6) is 0 Å². The summed E-state index contributed by atoms with van der Waals surface area (Å²) in [5, 5.41) is 2.74. The monoisotopic (exact) mass is 266 g/mol. The smallest absolute Gasteiger partial charge is 0.255 e. The van der Waals surface area contributed by atoms with E-state index in [1.54, 1.807) is 0 Å². The molecule has 19 heavy (non-hydrogen) atoms. The second kappa shape index (κ2) is 6.47. The molecule has 0 spiro atoms. The molecule has 6 heteroatoms. The van der Waals surface area contributed by atoms with E-state index >= 15 is 0 Å². The Bertz CT molecular complexity index is 446. The van der Waals surface area contributed by atoms with E-state index in [-0.39, 0.29) is 17.3 Å². The fraction of sp³-hybridized carbons (Fsp3) is 0.538. The van der Waals surface area contributed by atoms with Crippen molar-refractivity contribution in [2.24, 2.45) is 0 Å². The number of pyridine rings is 1. The highest BCUT2D eigenvalue weighted by Crippen LogP contribution is 2.10. The maximum Gasteiger partial charge on any atom is 0.255 e. The molecule has 1 aliphatic heterocycles. The van der Waals surface area contributed by atoms with E-state index in [2.05, 4.69) is 15.2 Å². The number of halogens is 1. The van der Waals surface area contributed by atoms with Crippen LogP contribution in [0.4, 0.5) is 10.2 Å². The first kappa shape index (κ1) is 13.7. The Hall–Kier alpha value is -1.69. The van der Waals surface area contributed by atoms with Gasteiger partial charge < -0.3 is 16.0 Å². The molecule has 3 N–H and O–H groups in total. The summed E-state index contributed by atoms with van der Waals surface area (Å²) < 4.78 is 13.0. The predicted octanol–water partition coefficient (Wildman–Crippen LogP) is 1.02. The summed E-state index contributed by atoms with van der Waals surface area (Å²) in [5.74, 6) is -0.874. The van der Waals surface area contributed by atoms with E-state index in [0.717, 1.165) is 38.3 Å². The maximum absolute atomic E-state index is 13.0. The van der Waals surface area contributed by atoms with Crippen molar-refractivity contribution >= 4 is 11.7 Å². The normalized spacial score (nSPS) is 15.6. The first-order chi connectivity index (χ1) is 9.16. The van der Waals surface area contributed by atoms with Gasteiger partial charge in [0.1, 0.15) is 11.6 Å². The van der Waals surface area contributed by atoms with Crippen molar-refractivity contribution in [1.82, 2.24) is 15.2 Å². The van der Waals surface area contributed by atoms with Crippen LogP contribution in [0.3, 0.4) is 0 Å². The number of carbonyl (C=O) groups is 1. The van der Waals surface area contributed by atoms with Crippen molar-refractivity contribution in [1.29, 1.82) is 0 Å². The van der Waals surface area contributed by atoms with Gasteiger partial charge in [0.25, 0.3) is 5.91 Å². The SMILES string of the molecule is Nc1ncc(F)cc1C(=O)NCCCN1CCCC1. The summed E-state index contributed by atoms with van der Waals surface area (Å²) in [4.78, 5) is 17.8. The number of nitrogens with zero attached hydrogens (tertiary/aromatic N) is 2. The second-order valence-electron chi connectivity index (χ2n) is 4.74. The van der Waals surface area contributed by atoms with E-state index in [1.807, 2.05) is 0 Å². The molecule has 1 amide bonds. The highest BCUT2D eigenvalue weighted by Gasteiger charge is 2.13. The molecular weight excluding hydrogens is 247 g/mol. The molecule has 0 bridgehead atoms. The quantitative estimate of drug-likeness (QED) is 0.781. The number of anilines is 1. The third-order valence-corrected chi connectivity index (χ3v) is 3.27. The molecule has 2 rings (SSSR count). The third kappa shape index (κ3) is 3.89. The summed E-state index contributed by atoms with van der Waals surface area (Å²) in [5.41, 5.74) is 5.65. The zero-order valence-corrected chi connectivity index (χ0v) is 10.9. The highest BCUT2D eigenvalue weighted by molar-refractivity contribution is 5.98. The van der Waals surface area contributed by atoms with E-state index in [9.17, 15) is 9.18 Å². The summed E-state index contributed by atoms with van der Waals surface area (Å²) >= 11 is 0. The molecule has 0 saturated carbocycles. The van der Waals surface area contributed by atoms with Gasteiger partial charge in [-0.25, -0.2) is 9.37 Å². The van der Waals surface area contributed by atoms with Crippen molar-refractivity contribution in [3.63, 3.8) is 0 Å². The molecule has 0 unspecified atom stereocenters. The number of nitrogen functional groups attached to an aromatic ring is 1. The van der Waals surface area contributed by atoms with Crippen LogP contribution in [0.1, 0.15) is 29.6 Å². The molecule has 2 heterocycles. The number of nitrogens with two attached hydrogens (primary N) is 1. The van der Waals surface area contributed by atoms with Gasteiger partial charge in [-0.05, 0) is 45.0 Å². The van der Waals surface area contributed by atoms with Gasteiger partial charge in [-0.15, -0.1) is 0 Å². The Morgan fingerprint density at radius 1 is 1.47 bits per heavy atom. The average molecular weight is 266 g/mol. The number of aromatic nitrogens is 1. The summed E-state index contributed by atoms with van der Waals surface area (Å²) in [7, 11) is 0. The number of nitrogens with one attached hydrogen (secondary N) is 1. The van der Waals surface area contributed by atoms with Gasteiger partial charge in [-0.1, -0.05) is 0 Å². The third-order valence-electron chi connectivity index (χ3n) is 3.27. The largest absolute Gasteiger partial charge is 0.383 e. The van der Waals surface area contributed by atoms with Gasteiger partial charge in [0.2, 0.25) is 0 Å². The lowest BCUT2D eigenvalue weighted by molar-refractivity contribution is 0.0952. The van der Waals surface area contributed by atoms with Gasteiger partial charge in [0.05, 0.1) is 11.8 Å². The zero-order chi connectivity index (χ0) is 13.7. The number of amides is 1. The van der Waals surface area contributed by atoms with E-state index < -0.39 is 5.82 Å². The standard InChI is InChI=1S/C13H19FN4O/c14-10-8-11(12(15)17-9-10)13(19)16-4-3-7-18-5-1-2-6-18/h8-9H,1-7H2,(H2,15,17)(H,16,19). The Labute approximate surface area is 112 Å². The molecule has 0 aliphatic carbocycles.